The number of benzene rings is 2. The molecular weight excluding hydrogens is 313 g/mol. The topological polar surface area (TPSA) is 46.2 Å². The average molecular weight is 328 g/mol. The molecule has 0 aliphatic heterocycles. The van der Waals surface area contributed by atoms with E-state index in [9.17, 15) is 12.8 Å². The molecule has 112 valence electrons. The molecule has 0 fully saturated rings. The summed E-state index contributed by atoms with van der Waals surface area (Å²) in [5, 5.41) is 3.46. The number of hydrogen-bond donors (Lipinski definition) is 1. The van der Waals surface area contributed by atoms with Crippen molar-refractivity contribution in [3.05, 3.63) is 58.9 Å². The van der Waals surface area contributed by atoms with Crippen molar-refractivity contribution in [2.24, 2.45) is 0 Å². The monoisotopic (exact) mass is 327 g/mol. The fraction of sp³-hybridized carbons (Fsp3) is 0.200. The summed E-state index contributed by atoms with van der Waals surface area (Å²) in [6.45, 7) is 1.86. The van der Waals surface area contributed by atoms with E-state index in [-0.39, 0.29) is 16.8 Å². The van der Waals surface area contributed by atoms with E-state index in [1.807, 2.05) is 6.92 Å². The number of hydrogen-bond acceptors (Lipinski definition) is 3. The molecule has 0 aliphatic carbocycles. The van der Waals surface area contributed by atoms with Gasteiger partial charge in [0.15, 0.2) is 9.84 Å². The number of halogens is 2. The van der Waals surface area contributed by atoms with Crippen LogP contribution in [0.25, 0.3) is 0 Å². The van der Waals surface area contributed by atoms with Gasteiger partial charge in [-0.3, -0.25) is 0 Å². The molecule has 0 aromatic heterocycles. The Labute approximate surface area is 128 Å². The Kier molecular flexibility index (Phi) is 4.54. The van der Waals surface area contributed by atoms with Crippen molar-refractivity contribution in [2.75, 3.05) is 11.6 Å². The van der Waals surface area contributed by atoms with Gasteiger partial charge in [0.2, 0.25) is 0 Å². The third kappa shape index (κ3) is 3.95. The van der Waals surface area contributed by atoms with Crippen LogP contribution < -0.4 is 5.32 Å². The number of nitrogens with one attached hydrogen (secondary N) is 1. The normalized spacial score (nSPS) is 13.0. The molecule has 0 heterocycles. The van der Waals surface area contributed by atoms with Crippen LogP contribution in [0.4, 0.5) is 10.1 Å². The maximum atomic E-state index is 13.7. The highest BCUT2D eigenvalue weighted by Crippen LogP contribution is 2.25. The first kappa shape index (κ1) is 15.8. The quantitative estimate of drug-likeness (QED) is 0.921. The Morgan fingerprint density at radius 1 is 1.14 bits per heavy atom. The average Bonchev–Trinajstić information content (AvgIpc) is 2.42. The highest BCUT2D eigenvalue weighted by molar-refractivity contribution is 7.90. The van der Waals surface area contributed by atoms with Crippen molar-refractivity contribution in [1.29, 1.82) is 0 Å². The van der Waals surface area contributed by atoms with Crippen LogP contribution >= 0.6 is 11.6 Å². The van der Waals surface area contributed by atoms with Crippen molar-refractivity contribution in [3.63, 3.8) is 0 Å². The molecule has 2 aromatic carbocycles. The van der Waals surface area contributed by atoms with E-state index in [2.05, 4.69) is 5.32 Å². The first-order valence-electron chi connectivity index (χ1n) is 6.29. The number of anilines is 1. The maximum Gasteiger partial charge on any atom is 0.175 e. The second-order valence-electron chi connectivity index (χ2n) is 4.83. The van der Waals surface area contributed by atoms with E-state index in [0.29, 0.717) is 10.7 Å². The zero-order valence-corrected chi connectivity index (χ0v) is 13.2. The minimum atomic E-state index is -3.21. The molecule has 0 spiro atoms. The van der Waals surface area contributed by atoms with Gasteiger partial charge in [-0.05, 0) is 42.8 Å². The van der Waals surface area contributed by atoms with Gasteiger partial charge < -0.3 is 5.32 Å². The van der Waals surface area contributed by atoms with Crippen LogP contribution in [0, 0.1) is 5.82 Å². The molecule has 0 aliphatic rings. The summed E-state index contributed by atoms with van der Waals surface area (Å²) in [5.41, 5.74) is 1.16. The molecule has 0 saturated carbocycles. The summed E-state index contributed by atoms with van der Waals surface area (Å²) in [5.74, 6) is -0.390. The van der Waals surface area contributed by atoms with Gasteiger partial charge >= 0.3 is 0 Å². The van der Waals surface area contributed by atoms with Crippen LogP contribution in [-0.4, -0.2) is 14.7 Å². The lowest BCUT2D eigenvalue weighted by Gasteiger charge is -2.16. The van der Waals surface area contributed by atoms with Crippen LogP contribution in [0.1, 0.15) is 18.5 Å². The summed E-state index contributed by atoms with van der Waals surface area (Å²) in [7, 11) is -3.21. The maximum absolute atomic E-state index is 13.7. The van der Waals surface area contributed by atoms with Crippen molar-refractivity contribution in [2.45, 2.75) is 17.9 Å². The predicted octanol–water partition coefficient (Wildman–Crippen LogP) is 4.06. The minimum Gasteiger partial charge on any atom is -0.376 e. The summed E-state index contributed by atoms with van der Waals surface area (Å²) < 4.78 is 36.5. The Hall–Kier alpha value is -1.59. The first-order valence-corrected chi connectivity index (χ1v) is 8.56. The Morgan fingerprint density at radius 3 is 2.33 bits per heavy atom. The van der Waals surface area contributed by atoms with E-state index >= 15 is 0 Å². The zero-order chi connectivity index (χ0) is 15.6. The van der Waals surface area contributed by atoms with Crippen LogP contribution in [-0.2, 0) is 9.84 Å². The van der Waals surface area contributed by atoms with E-state index in [1.165, 1.54) is 30.3 Å². The second kappa shape index (κ2) is 6.03. The summed E-state index contributed by atoms with van der Waals surface area (Å²) in [4.78, 5) is 0.257. The lowest BCUT2D eigenvalue weighted by Crippen LogP contribution is -2.08. The molecule has 2 rings (SSSR count). The summed E-state index contributed by atoms with van der Waals surface area (Å²) in [6, 6.07) is 10.6. The van der Waals surface area contributed by atoms with Crippen molar-refractivity contribution in [3.8, 4) is 0 Å². The van der Waals surface area contributed by atoms with Crippen LogP contribution in [0.3, 0.4) is 0 Å². The number of sulfone groups is 1. The van der Waals surface area contributed by atoms with Crippen LogP contribution in [0.5, 0.6) is 0 Å². The Bertz CT molecular complexity index is 745. The molecule has 1 unspecified atom stereocenters. The van der Waals surface area contributed by atoms with E-state index in [4.69, 9.17) is 11.6 Å². The molecule has 1 atom stereocenters. The standard InChI is InChI=1S/C15H15ClFNO2S/c1-10(18-15-9-12(16)5-8-14(15)17)11-3-6-13(7-4-11)21(2,19)20/h3-10,18H,1-2H3. The highest BCUT2D eigenvalue weighted by atomic mass is 35.5. The van der Waals surface area contributed by atoms with E-state index in [0.717, 1.165) is 11.8 Å². The Morgan fingerprint density at radius 2 is 1.76 bits per heavy atom. The molecule has 3 nitrogen and oxygen atoms in total. The van der Waals surface area contributed by atoms with Gasteiger partial charge in [-0.2, -0.15) is 0 Å². The predicted molar refractivity (Wildman–Crippen MR) is 83.0 cm³/mol. The molecule has 0 radical (unpaired) electrons. The highest BCUT2D eigenvalue weighted by Gasteiger charge is 2.11. The van der Waals surface area contributed by atoms with Gasteiger partial charge in [0.25, 0.3) is 0 Å². The first-order chi connectivity index (χ1) is 9.77. The molecule has 0 amide bonds. The van der Waals surface area contributed by atoms with Gasteiger partial charge in [0.1, 0.15) is 5.82 Å². The van der Waals surface area contributed by atoms with E-state index < -0.39 is 9.84 Å². The lowest BCUT2D eigenvalue weighted by molar-refractivity contribution is 0.602. The van der Waals surface area contributed by atoms with E-state index in [1.54, 1.807) is 12.1 Å². The molecule has 6 heteroatoms. The summed E-state index contributed by atoms with van der Waals surface area (Å²) in [6.07, 6.45) is 1.16. The van der Waals surface area contributed by atoms with Gasteiger partial charge in [-0.15, -0.1) is 0 Å². The molecule has 1 N–H and O–H groups in total. The van der Waals surface area contributed by atoms with Gasteiger partial charge in [-0.1, -0.05) is 23.7 Å². The fourth-order valence-electron chi connectivity index (χ4n) is 1.93. The zero-order valence-electron chi connectivity index (χ0n) is 11.6. The van der Waals surface area contributed by atoms with Crippen LogP contribution in [0.2, 0.25) is 5.02 Å². The largest absolute Gasteiger partial charge is 0.376 e. The molecule has 0 saturated heterocycles. The molecule has 0 bridgehead atoms. The fourth-order valence-corrected chi connectivity index (χ4v) is 2.73. The van der Waals surface area contributed by atoms with Gasteiger partial charge in [0, 0.05) is 17.3 Å². The molecule has 2 aromatic rings. The Balaban J connectivity index is 2.20. The van der Waals surface area contributed by atoms with Crippen molar-refractivity contribution in [1.82, 2.24) is 0 Å². The second-order valence-corrected chi connectivity index (χ2v) is 7.28. The minimum absolute atomic E-state index is 0.188. The molecular formula is C15H15ClFNO2S. The third-order valence-corrected chi connectivity index (χ3v) is 4.47. The van der Waals surface area contributed by atoms with Gasteiger partial charge in [0.05, 0.1) is 10.6 Å². The lowest BCUT2D eigenvalue weighted by atomic mass is 10.1. The van der Waals surface area contributed by atoms with Crippen molar-refractivity contribution >= 4 is 27.1 Å². The van der Waals surface area contributed by atoms with Crippen molar-refractivity contribution < 1.29 is 12.8 Å². The smallest absolute Gasteiger partial charge is 0.175 e. The van der Waals surface area contributed by atoms with Crippen LogP contribution in [0.15, 0.2) is 47.4 Å². The SMILES string of the molecule is CC(Nc1cc(Cl)ccc1F)c1ccc(S(C)(=O)=O)cc1. The molecule has 21 heavy (non-hydrogen) atoms. The summed E-state index contributed by atoms with van der Waals surface area (Å²) >= 11 is 5.84. The third-order valence-electron chi connectivity index (χ3n) is 3.11. The van der Waals surface area contributed by atoms with Gasteiger partial charge in [-0.25, -0.2) is 12.8 Å². The number of rotatable bonds is 4.